The highest BCUT2D eigenvalue weighted by molar-refractivity contribution is 7.95. The van der Waals surface area contributed by atoms with Gasteiger partial charge in [-0.05, 0) is 0 Å². The minimum absolute atomic E-state index is 0.720. The average Bonchev–Trinajstić information content (AvgIpc) is 2.56. The zero-order valence-corrected chi connectivity index (χ0v) is 26.8. The molecule has 6 aliphatic rings. The summed E-state index contributed by atoms with van der Waals surface area (Å²) in [4.78, 5) is 4.81. The monoisotopic (exact) mass is 550 g/mol. The smallest absolute Gasteiger partial charge is 0.376 e. The second kappa shape index (κ2) is 10.2. The summed E-state index contributed by atoms with van der Waals surface area (Å²) in [7, 11) is -11.4. The SMILES string of the molecule is C[Si](C)(C)[Si]([Si]([Si](C)(C)C)[Si]12OCCN(CCO1)CCO2)[Si]12OCCN(CCO1)CCO2. The molecular formula is C18H42N2O6Si6. The Kier molecular flexibility index (Phi) is 8.27. The summed E-state index contributed by atoms with van der Waals surface area (Å²) in [6.07, 6.45) is 0. The summed E-state index contributed by atoms with van der Waals surface area (Å²) >= 11 is 0. The molecule has 2 radical (unpaired) electrons. The largest absolute Gasteiger partial charge is 0.461 e. The zero-order chi connectivity index (χ0) is 23.0. The van der Waals surface area contributed by atoms with Crippen molar-refractivity contribution in [3.63, 3.8) is 0 Å². The lowest BCUT2D eigenvalue weighted by Crippen LogP contribution is -2.87. The molecule has 6 saturated heterocycles. The lowest BCUT2D eigenvalue weighted by atomic mass is 10.4. The first-order valence-corrected chi connectivity index (χ1v) is 30.6. The molecule has 32 heavy (non-hydrogen) atoms. The van der Waals surface area contributed by atoms with Crippen LogP contribution in [0, 0.1) is 0 Å². The topological polar surface area (TPSA) is 61.9 Å². The number of rotatable bonds is 5. The Labute approximate surface area is 200 Å². The van der Waals surface area contributed by atoms with Crippen molar-refractivity contribution < 1.29 is 26.6 Å². The maximum absolute atomic E-state index is 6.81. The van der Waals surface area contributed by atoms with Crippen molar-refractivity contribution in [2.75, 3.05) is 78.9 Å². The van der Waals surface area contributed by atoms with Crippen LogP contribution < -0.4 is 0 Å². The van der Waals surface area contributed by atoms with E-state index in [2.05, 4.69) is 49.1 Å². The van der Waals surface area contributed by atoms with E-state index in [-0.39, 0.29) is 0 Å². The fourth-order valence-electron chi connectivity index (χ4n) is 5.18. The number of hydrogen-bond acceptors (Lipinski definition) is 8. The fourth-order valence-corrected chi connectivity index (χ4v) is 129. The third-order valence-electron chi connectivity index (χ3n) is 6.56. The summed E-state index contributed by atoms with van der Waals surface area (Å²) in [6.45, 7) is 25.4. The molecule has 0 spiro atoms. The van der Waals surface area contributed by atoms with Gasteiger partial charge in [0.2, 0.25) is 0 Å². The molecule has 14 heteroatoms. The highest BCUT2D eigenvalue weighted by Crippen LogP contribution is 2.35. The Morgan fingerprint density at radius 2 is 0.688 bits per heavy atom. The first kappa shape index (κ1) is 26.1. The van der Waals surface area contributed by atoms with Crippen LogP contribution >= 0.6 is 0 Å². The first-order chi connectivity index (χ1) is 15.1. The molecule has 6 rings (SSSR count). The Hall–Kier alpha value is 0.981. The van der Waals surface area contributed by atoms with E-state index in [0.717, 1.165) is 78.9 Å². The van der Waals surface area contributed by atoms with E-state index < -0.39 is 46.5 Å². The van der Waals surface area contributed by atoms with Gasteiger partial charge in [0, 0.05) is 54.5 Å². The predicted octanol–water partition coefficient (Wildman–Crippen LogP) is 0.680. The van der Waals surface area contributed by atoms with Gasteiger partial charge in [-0.25, -0.2) is 0 Å². The first-order valence-electron chi connectivity index (χ1n) is 12.1. The van der Waals surface area contributed by atoms with Crippen LogP contribution in [0.4, 0.5) is 0 Å². The standard InChI is InChI=1S/C18H42N2O6Si6/c1-29(2,3)27(31-21-13-7-19(8-14-22-31)9-15-23-31)28(30(4,5)6)32-24-16-10-20(11-17-25-32)12-18-26-32/h7-18H2,1-6H3. The summed E-state index contributed by atoms with van der Waals surface area (Å²) in [6, 6.07) is 0. The van der Waals surface area contributed by atoms with Crippen LogP contribution in [0.15, 0.2) is 0 Å². The van der Waals surface area contributed by atoms with Gasteiger partial charge in [-0.2, -0.15) is 0 Å². The van der Waals surface area contributed by atoms with E-state index in [0.29, 0.717) is 0 Å². The average molecular weight is 551 g/mol. The van der Waals surface area contributed by atoms with Gasteiger partial charge in [0.15, 0.2) is 0 Å². The van der Waals surface area contributed by atoms with Gasteiger partial charge in [0.1, 0.15) is 14.7 Å². The molecule has 6 heterocycles. The van der Waals surface area contributed by atoms with Gasteiger partial charge in [0.05, 0.1) is 39.6 Å². The summed E-state index contributed by atoms with van der Waals surface area (Å²) in [5.74, 6) is 0. The van der Waals surface area contributed by atoms with E-state index >= 15 is 0 Å². The number of nitrogens with zero attached hydrogens (tertiary/aromatic N) is 2. The molecule has 6 aliphatic heterocycles. The molecule has 0 aliphatic carbocycles. The van der Waals surface area contributed by atoms with Gasteiger partial charge < -0.3 is 26.6 Å². The van der Waals surface area contributed by atoms with Gasteiger partial charge in [-0.3, -0.25) is 9.80 Å². The third kappa shape index (κ3) is 5.53. The van der Waals surface area contributed by atoms with Crippen LogP contribution in [-0.4, -0.2) is 135 Å². The van der Waals surface area contributed by atoms with Gasteiger partial charge in [0.25, 0.3) is 0 Å². The molecule has 0 unspecified atom stereocenters. The molecule has 0 aromatic heterocycles. The Bertz CT molecular complexity index is 543. The van der Waals surface area contributed by atoms with Crippen LogP contribution in [0.1, 0.15) is 0 Å². The predicted molar refractivity (Wildman–Crippen MR) is 138 cm³/mol. The molecule has 4 bridgehead atoms. The molecule has 6 fully saturated rings. The van der Waals surface area contributed by atoms with Crippen molar-refractivity contribution in [1.82, 2.24) is 9.80 Å². The summed E-state index contributed by atoms with van der Waals surface area (Å²) in [5.41, 5.74) is 0. The Balaban J connectivity index is 1.80. The second-order valence-electron chi connectivity index (χ2n) is 11.1. The minimum atomic E-state index is -2.84. The lowest BCUT2D eigenvalue weighted by molar-refractivity contribution is 0.00400. The molecule has 0 aromatic rings. The lowest BCUT2D eigenvalue weighted by Gasteiger charge is -2.53. The highest BCUT2D eigenvalue weighted by atomic mass is 30.2. The molecule has 8 nitrogen and oxygen atoms in total. The summed E-state index contributed by atoms with van der Waals surface area (Å²) in [5, 5.41) is 0. The van der Waals surface area contributed by atoms with E-state index in [1.807, 2.05) is 0 Å². The Morgan fingerprint density at radius 3 is 0.875 bits per heavy atom. The van der Waals surface area contributed by atoms with Gasteiger partial charge in [-0.1, -0.05) is 39.3 Å². The Morgan fingerprint density at radius 1 is 0.469 bits per heavy atom. The van der Waals surface area contributed by atoms with E-state index in [9.17, 15) is 0 Å². The van der Waals surface area contributed by atoms with Crippen LogP contribution in [-0.2, 0) is 26.6 Å². The zero-order valence-electron chi connectivity index (χ0n) is 20.8. The van der Waals surface area contributed by atoms with Crippen molar-refractivity contribution in [2.45, 2.75) is 39.3 Å². The van der Waals surface area contributed by atoms with E-state index in [1.165, 1.54) is 0 Å². The molecule has 0 amide bonds. The second-order valence-corrected chi connectivity index (χ2v) is 56.3. The minimum Gasteiger partial charge on any atom is -0.376 e. The van der Waals surface area contributed by atoms with Crippen LogP contribution in [0.2, 0.25) is 39.3 Å². The molecular weight excluding hydrogens is 509 g/mol. The normalized spacial score (nSPS) is 37.5. The third-order valence-corrected chi connectivity index (χ3v) is 87.6. The molecule has 0 saturated carbocycles. The quantitative estimate of drug-likeness (QED) is 0.463. The van der Waals surface area contributed by atoms with Crippen molar-refractivity contribution in [1.29, 1.82) is 0 Å². The molecule has 0 aromatic carbocycles. The maximum Gasteiger partial charge on any atom is 0.461 e. The number of hydrogen-bond donors (Lipinski definition) is 0. The molecule has 184 valence electrons. The summed E-state index contributed by atoms with van der Waals surface area (Å²) < 4.78 is 40.9. The van der Waals surface area contributed by atoms with Crippen molar-refractivity contribution >= 4 is 46.5 Å². The highest BCUT2D eigenvalue weighted by Gasteiger charge is 2.71. The van der Waals surface area contributed by atoms with Crippen LogP contribution in [0.25, 0.3) is 0 Å². The van der Waals surface area contributed by atoms with Crippen LogP contribution in [0.5, 0.6) is 0 Å². The van der Waals surface area contributed by atoms with Crippen LogP contribution in [0.3, 0.4) is 0 Å². The van der Waals surface area contributed by atoms with E-state index in [4.69, 9.17) is 26.6 Å². The molecule has 0 atom stereocenters. The maximum atomic E-state index is 6.81. The fraction of sp³-hybridized carbons (Fsp3) is 1.00. The van der Waals surface area contributed by atoms with Crippen molar-refractivity contribution in [3.8, 4) is 0 Å². The molecule has 0 N–H and O–H groups in total. The van der Waals surface area contributed by atoms with Gasteiger partial charge in [-0.15, -0.1) is 0 Å². The number of fused-ring (bicyclic) bond motifs is 12. The van der Waals surface area contributed by atoms with Gasteiger partial charge >= 0.3 is 16.6 Å². The van der Waals surface area contributed by atoms with Crippen molar-refractivity contribution in [3.05, 3.63) is 0 Å². The van der Waals surface area contributed by atoms with E-state index in [1.54, 1.807) is 0 Å². The van der Waals surface area contributed by atoms with Crippen molar-refractivity contribution in [2.24, 2.45) is 0 Å².